The van der Waals surface area contributed by atoms with Gasteiger partial charge in [0.1, 0.15) is 0 Å². The van der Waals surface area contributed by atoms with Crippen molar-refractivity contribution in [2.24, 2.45) is 0 Å². The molecule has 1 aliphatic rings. The fourth-order valence-corrected chi connectivity index (χ4v) is 2.98. The molecule has 0 aromatic heterocycles. The van der Waals surface area contributed by atoms with E-state index in [2.05, 4.69) is 5.32 Å². The third-order valence-corrected chi connectivity index (χ3v) is 5.47. The summed E-state index contributed by atoms with van der Waals surface area (Å²) in [6.45, 7) is 7.61. The fourth-order valence-electron chi connectivity index (χ4n) is 2.98. The second-order valence-electron chi connectivity index (χ2n) is 8.08. The Morgan fingerprint density at radius 3 is 2.07 bits per heavy atom. The zero-order valence-corrected chi connectivity index (χ0v) is 17.4. The predicted molar refractivity (Wildman–Crippen MR) is 108 cm³/mol. The number of carbonyl (C=O) groups excluding carboxylic acids is 1. The second kappa shape index (κ2) is 7.63. The number of carbonyl (C=O) groups is 1. The Morgan fingerprint density at radius 2 is 1.57 bits per heavy atom. The van der Waals surface area contributed by atoms with Gasteiger partial charge in [-0.2, -0.15) is 13.2 Å². The zero-order valence-electron chi connectivity index (χ0n) is 17.4. The number of alkyl halides is 3. The minimum atomic E-state index is -4.41. The van der Waals surface area contributed by atoms with Crippen LogP contribution in [0.1, 0.15) is 43.6 Å². The van der Waals surface area contributed by atoms with Crippen LogP contribution in [0.5, 0.6) is 0 Å². The van der Waals surface area contributed by atoms with Gasteiger partial charge in [0.2, 0.25) is 0 Å². The van der Waals surface area contributed by atoms with Gasteiger partial charge in [-0.15, -0.1) is 0 Å². The van der Waals surface area contributed by atoms with Crippen molar-refractivity contribution in [2.45, 2.75) is 45.1 Å². The Hall–Kier alpha value is -2.52. The first-order valence-electron chi connectivity index (χ1n) is 9.36. The van der Waals surface area contributed by atoms with Crippen LogP contribution < -0.4 is 10.8 Å². The van der Waals surface area contributed by atoms with Crippen LogP contribution in [-0.4, -0.2) is 31.4 Å². The highest BCUT2D eigenvalue weighted by Crippen LogP contribution is 2.37. The third-order valence-electron chi connectivity index (χ3n) is 5.47. The van der Waals surface area contributed by atoms with Gasteiger partial charge in [-0.05, 0) is 70.2 Å². The molecule has 1 heterocycles. The summed E-state index contributed by atoms with van der Waals surface area (Å²) >= 11 is 0. The molecule has 0 radical (unpaired) electrons. The van der Waals surface area contributed by atoms with Crippen molar-refractivity contribution in [3.8, 4) is 0 Å². The first-order valence-corrected chi connectivity index (χ1v) is 9.36. The van der Waals surface area contributed by atoms with Gasteiger partial charge in [0.05, 0.1) is 29.4 Å². The van der Waals surface area contributed by atoms with E-state index in [1.807, 2.05) is 27.7 Å². The predicted octanol–water partition coefficient (Wildman–Crippen LogP) is 4.53. The first-order chi connectivity index (χ1) is 13.8. The number of ether oxygens (including phenoxy) is 1. The van der Waals surface area contributed by atoms with E-state index >= 15 is 0 Å². The molecule has 1 N–H and O–H groups in total. The van der Waals surface area contributed by atoms with Crippen LogP contribution in [0.4, 0.5) is 24.5 Å². The molecule has 0 amide bonds. The van der Waals surface area contributed by atoms with Gasteiger partial charge in [-0.25, -0.2) is 4.79 Å². The maximum absolute atomic E-state index is 12.8. The van der Waals surface area contributed by atoms with Gasteiger partial charge in [0, 0.05) is 16.8 Å². The number of benzene rings is 2. The lowest BCUT2D eigenvalue weighted by atomic mass is 9.77. The van der Waals surface area contributed by atoms with E-state index in [1.165, 1.54) is 19.2 Å². The molecule has 0 unspecified atom stereocenters. The van der Waals surface area contributed by atoms with Crippen molar-refractivity contribution in [1.29, 1.82) is 0 Å². The number of halogens is 3. The average Bonchev–Trinajstić information content (AvgIpc) is 2.88. The molecular formula is C21H23BF3NO4. The molecule has 30 heavy (non-hydrogen) atoms. The summed E-state index contributed by atoms with van der Waals surface area (Å²) in [7, 11) is 0.502. The van der Waals surface area contributed by atoms with E-state index in [9.17, 15) is 18.0 Å². The molecule has 0 bridgehead atoms. The smallest absolute Gasteiger partial charge is 0.465 e. The Labute approximate surface area is 173 Å². The van der Waals surface area contributed by atoms with Crippen LogP contribution in [0.3, 0.4) is 0 Å². The maximum Gasteiger partial charge on any atom is 0.497 e. The minimum Gasteiger partial charge on any atom is -0.465 e. The molecule has 0 spiro atoms. The molecule has 0 saturated carbocycles. The van der Waals surface area contributed by atoms with Crippen molar-refractivity contribution >= 4 is 29.9 Å². The van der Waals surface area contributed by atoms with E-state index in [0.717, 1.165) is 12.1 Å². The summed E-state index contributed by atoms with van der Waals surface area (Å²) in [5.41, 5.74) is -0.112. The van der Waals surface area contributed by atoms with Crippen LogP contribution in [0.15, 0.2) is 42.5 Å². The van der Waals surface area contributed by atoms with Crippen LogP contribution in [0.25, 0.3) is 0 Å². The second-order valence-corrected chi connectivity index (χ2v) is 8.08. The lowest BCUT2D eigenvalue weighted by Crippen LogP contribution is -2.41. The molecular weight excluding hydrogens is 398 g/mol. The van der Waals surface area contributed by atoms with Gasteiger partial charge in [0.15, 0.2) is 0 Å². The summed E-state index contributed by atoms with van der Waals surface area (Å²) in [6, 6.07) is 9.48. The largest absolute Gasteiger partial charge is 0.497 e. The third kappa shape index (κ3) is 4.32. The van der Waals surface area contributed by atoms with Crippen LogP contribution in [-0.2, 0) is 20.2 Å². The lowest BCUT2D eigenvalue weighted by Gasteiger charge is -2.32. The highest BCUT2D eigenvalue weighted by atomic mass is 19.4. The van der Waals surface area contributed by atoms with E-state index < -0.39 is 36.0 Å². The zero-order chi connectivity index (χ0) is 22.3. The molecule has 2 aromatic rings. The summed E-state index contributed by atoms with van der Waals surface area (Å²) in [5.74, 6) is -0.520. The molecule has 1 saturated heterocycles. The quantitative estimate of drug-likeness (QED) is 0.581. The average molecular weight is 421 g/mol. The standard InChI is InChI=1S/C21H23BF3NO4/c1-19(2)20(3,4)30-22(29-19)16-12-13(18(27)28-5)6-11-17(16)26-15-9-7-14(8-10-15)21(23,24)25/h6-12,26H,1-5H3. The molecule has 1 fully saturated rings. The van der Waals surface area contributed by atoms with Crippen molar-refractivity contribution in [3.05, 3.63) is 53.6 Å². The number of methoxy groups -OCH3 is 1. The van der Waals surface area contributed by atoms with Gasteiger partial charge in [-0.3, -0.25) is 0 Å². The molecule has 1 aliphatic heterocycles. The number of rotatable bonds is 4. The summed E-state index contributed by atoms with van der Waals surface area (Å²) < 4.78 is 55.4. The minimum absolute atomic E-state index is 0.306. The highest BCUT2D eigenvalue weighted by molar-refractivity contribution is 6.64. The van der Waals surface area contributed by atoms with Gasteiger partial charge >= 0.3 is 19.3 Å². The number of nitrogens with one attached hydrogen (secondary N) is 1. The normalized spacial score (nSPS) is 17.7. The Bertz CT molecular complexity index is 926. The molecule has 0 aliphatic carbocycles. The Morgan fingerprint density at radius 1 is 1.00 bits per heavy atom. The number of hydrogen-bond donors (Lipinski definition) is 1. The van der Waals surface area contributed by atoms with Crippen molar-refractivity contribution in [2.75, 3.05) is 12.4 Å². The van der Waals surface area contributed by atoms with E-state index in [1.54, 1.807) is 18.2 Å². The summed E-state index contributed by atoms with van der Waals surface area (Å²) in [5, 5.41) is 3.09. The van der Waals surface area contributed by atoms with Crippen molar-refractivity contribution in [3.63, 3.8) is 0 Å². The summed E-state index contributed by atoms with van der Waals surface area (Å²) in [6.07, 6.45) is -4.41. The van der Waals surface area contributed by atoms with Crippen molar-refractivity contribution in [1.82, 2.24) is 0 Å². The van der Waals surface area contributed by atoms with E-state index in [0.29, 0.717) is 22.4 Å². The maximum atomic E-state index is 12.8. The number of hydrogen-bond acceptors (Lipinski definition) is 5. The van der Waals surface area contributed by atoms with Gasteiger partial charge in [-0.1, -0.05) is 0 Å². The summed E-state index contributed by atoms with van der Waals surface area (Å²) in [4.78, 5) is 12.0. The van der Waals surface area contributed by atoms with Gasteiger partial charge < -0.3 is 19.4 Å². The molecule has 2 aromatic carbocycles. The number of esters is 1. The lowest BCUT2D eigenvalue weighted by molar-refractivity contribution is -0.137. The highest BCUT2D eigenvalue weighted by Gasteiger charge is 2.52. The molecule has 160 valence electrons. The molecule has 9 heteroatoms. The molecule has 0 atom stereocenters. The van der Waals surface area contributed by atoms with Crippen LogP contribution in [0, 0.1) is 0 Å². The molecule has 3 rings (SSSR count). The topological polar surface area (TPSA) is 56.8 Å². The van der Waals surface area contributed by atoms with Crippen LogP contribution >= 0.6 is 0 Å². The Balaban J connectivity index is 1.97. The Kier molecular flexibility index (Phi) is 5.64. The van der Waals surface area contributed by atoms with Crippen LogP contribution in [0.2, 0.25) is 0 Å². The first kappa shape index (κ1) is 22.2. The monoisotopic (exact) mass is 421 g/mol. The number of anilines is 2. The van der Waals surface area contributed by atoms with Crippen molar-refractivity contribution < 1.29 is 32.0 Å². The van der Waals surface area contributed by atoms with Gasteiger partial charge in [0.25, 0.3) is 0 Å². The van der Waals surface area contributed by atoms with E-state index in [4.69, 9.17) is 14.0 Å². The SMILES string of the molecule is COC(=O)c1ccc(Nc2ccc(C(F)(F)F)cc2)c(B2OC(C)(C)C(C)(C)O2)c1. The fraction of sp³-hybridized carbons (Fsp3) is 0.381. The van der Waals surface area contributed by atoms with E-state index in [-0.39, 0.29) is 0 Å². The molecule has 5 nitrogen and oxygen atoms in total.